The smallest absolute Gasteiger partial charge is 0.255 e. The number of hydrogen-bond acceptors (Lipinski definition) is 4. The van der Waals surface area contributed by atoms with Crippen LogP contribution >= 0.6 is 0 Å². The number of rotatable bonds is 5. The van der Waals surface area contributed by atoms with Gasteiger partial charge in [-0.1, -0.05) is 20.8 Å². The second kappa shape index (κ2) is 7.34. The minimum absolute atomic E-state index is 0.0488. The van der Waals surface area contributed by atoms with Crippen molar-refractivity contribution >= 4 is 23.6 Å². The fourth-order valence-corrected chi connectivity index (χ4v) is 2.08. The number of carbonyl (C=O) groups is 2. The molecular weight excluding hydrogens is 323 g/mol. The lowest BCUT2D eigenvalue weighted by molar-refractivity contribution is 0.102. The van der Waals surface area contributed by atoms with E-state index in [-0.39, 0.29) is 16.5 Å². The summed E-state index contributed by atoms with van der Waals surface area (Å²) in [6, 6.07) is 9.13. The maximum absolute atomic E-state index is 13.6. The Kier molecular flexibility index (Phi) is 5.41. The number of amides is 1. The third-order valence-corrected chi connectivity index (χ3v) is 3.45. The van der Waals surface area contributed by atoms with Crippen molar-refractivity contribution in [2.24, 2.45) is 5.41 Å². The van der Waals surface area contributed by atoms with E-state index in [1.165, 1.54) is 0 Å². The molecule has 0 aromatic heterocycles. The molecule has 0 spiro atoms. The summed E-state index contributed by atoms with van der Waals surface area (Å²) >= 11 is 0. The maximum Gasteiger partial charge on any atom is 0.255 e. The summed E-state index contributed by atoms with van der Waals surface area (Å²) in [4.78, 5) is 23.0. The topological polar surface area (TPSA) is 78.4 Å². The number of nitrogens with one attached hydrogen (secondary N) is 2. The van der Waals surface area contributed by atoms with Gasteiger partial charge in [-0.3, -0.25) is 9.59 Å². The molecule has 1 amide bonds. The van der Waals surface area contributed by atoms with Crippen LogP contribution in [0, 0.1) is 11.2 Å². The van der Waals surface area contributed by atoms with Crippen molar-refractivity contribution in [3.63, 3.8) is 0 Å². The molecule has 0 saturated carbocycles. The molecule has 25 heavy (non-hydrogen) atoms. The van der Waals surface area contributed by atoms with Gasteiger partial charge < -0.3 is 15.7 Å². The fraction of sp³-hybridized carbons (Fsp3) is 0.263. The molecular formula is C19H21FN2O3. The van der Waals surface area contributed by atoms with Gasteiger partial charge in [0, 0.05) is 23.5 Å². The summed E-state index contributed by atoms with van der Waals surface area (Å²) < 4.78 is 13.6. The molecule has 3 N–H and O–H groups in total. The van der Waals surface area contributed by atoms with E-state index in [1.54, 1.807) is 12.1 Å². The molecule has 0 heterocycles. The third kappa shape index (κ3) is 5.04. The predicted octanol–water partition coefficient (Wildman–Crippen LogP) is 4.05. The van der Waals surface area contributed by atoms with Gasteiger partial charge in [0.15, 0.2) is 17.9 Å². The molecule has 2 rings (SSSR count). The fourth-order valence-electron chi connectivity index (χ4n) is 2.08. The highest BCUT2D eigenvalue weighted by Gasteiger charge is 2.14. The number of phenols is 1. The van der Waals surface area contributed by atoms with Gasteiger partial charge >= 0.3 is 0 Å². The van der Waals surface area contributed by atoms with Gasteiger partial charge in [-0.2, -0.15) is 0 Å². The Morgan fingerprint density at radius 2 is 1.76 bits per heavy atom. The Labute approximate surface area is 145 Å². The van der Waals surface area contributed by atoms with E-state index < -0.39 is 17.5 Å². The molecule has 0 unspecified atom stereocenters. The van der Waals surface area contributed by atoms with Crippen LogP contribution in [0.3, 0.4) is 0 Å². The molecule has 0 aliphatic heterocycles. The van der Waals surface area contributed by atoms with Crippen molar-refractivity contribution in [1.82, 2.24) is 0 Å². The highest BCUT2D eigenvalue weighted by Crippen LogP contribution is 2.23. The van der Waals surface area contributed by atoms with E-state index in [2.05, 4.69) is 31.4 Å². The molecule has 0 saturated heterocycles. The van der Waals surface area contributed by atoms with Crippen LogP contribution in [0.5, 0.6) is 5.75 Å². The van der Waals surface area contributed by atoms with Crippen LogP contribution in [0.15, 0.2) is 36.4 Å². The second-order valence-electron chi connectivity index (χ2n) is 6.96. The van der Waals surface area contributed by atoms with Gasteiger partial charge in [0.2, 0.25) is 0 Å². The van der Waals surface area contributed by atoms with E-state index in [0.717, 1.165) is 24.4 Å². The van der Waals surface area contributed by atoms with E-state index in [9.17, 15) is 19.1 Å². The van der Waals surface area contributed by atoms with Crippen LogP contribution in [0.4, 0.5) is 15.8 Å². The van der Waals surface area contributed by atoms with E-state index in [4.69, 9.17) is 0 Å². The van der Waals surface area contributed by atoms with Crippen LogP contribution in [0.25, 0.3) is 0 Å². The van der Waals surface area contributed by atoms with Gasteiger partial charge in [0.25, 0.3) is 5.91 Å². The van der Waals surface area contributed by atoms with Crippen LogP contribution in [0.2, 0.25) is 0 Å². The molecule has 2 aromatic rings. The standard InChI is InChI=1S/C19H21FN2O3/c1-19(2,3)11-21-14-4-6-15(7-5-14)22-18(25)12-8-13(10-23)17(24)16(20)9-12/h4-10,21,24H,11H2,1-3H3,(H,22,25). The van der Waals surface area contributed by atoms with Crippen LogP contribution in [-0.2, 0) is 0 Å². The van der Waals surface area contributed by atoms with Crippen molar-refractivity contribution in [2.45, 2.75) is 20.8 Å². The minimum Gasteiger partial charge on any atom is -0.504 e. The van der Waals surface area contributed by atoms with E-state index in [0.29, 0.717) is 12.0 Å². The average Bonchev–Trinajstić information content (AvgIpc) is 2.55. The lowest BCUT2D eigenvalue weighted by Crippen LogP contribution is -2.19. The monoisotopic (exact) mass is 344 g/mol. The zero-order chi connectivity index (χ0) is 18.6. The zero-order valence-corrected chi connectivity index (χ0v) is 14.4. The van der Waals surface area contributed by atoms with Crippen molar-refractivity contribution in [3.8, 4) is 5.75 Å². The number of aromatic hydroxyl groups is 1. The normalized spacial score (nSPS) is 11.0. The first-order valence-corrected chi connectivity index (χ1v) is 7.82. The highest BCUT2D eigenvalue weighted by atomic mass is 19.1. The lowest BCUT2D eigenvalue weighted by atomic mass is 9.97. The first-order valence-electron chi connectivity index (χ1n) is 7.82. The van der Waals surface area contributed by atoms with Crippen molar-refractivity contribution in [3.05, 3.63) is 53.3 Å². The maximum atomic E-state index is 13.6. The number of halogens is 1. The van der Waals surface area contributed by atoms with Crippen molar-refractivity contribution in [1.29, 1.82) is 0 Å². The summed E-state index contributed by atoms with van der Waals surface area (Å²) in [5.74, 6) is -2.35. The lowest BCUT2D eigenvalue weighted by Gasteiger charge is -2.19. The molecule has 6 heteroatoms. The first-order chi connectivity index (χ1) is 11.7. The van der Waals surface area contributed by atoms with Gasteiger partial charge in [-0.25, -0.2) is 4.39 Å². The molecule has 5 nitrogen and oxygen atoms in total. The summed E-state index contributed by atoms with van der Waals surface area (Å²) in [6.07, 6.45) is 0.297. The molecule has 2 aromatic carbocycles. The molecule has 0 aliphatic rings. The molecule has 132 valence electrons. The summed E-state index contributed by atoms with van der Waals surface area (Å²) in [7, 11) is 0. The van der Waals surface area contributed by atoms with Crippen LogP contribution in [-0.4, -0.2) is 23.8 Å². The molecule has 0 bridgehead atoms. The number of benzene rings is 2. The number of aldehydes is 1. The molecule has 0 atom stereocenters. The number of hydrogen-bond donors (Lipinski definition) is 3. The summed E-state index contributed by atoms with van der Waals surface area (Å²) in [6.45, 7) is 7.18. The van der Waals surface area contributed by atoms with E-state index >= 15 is 0 Å². The predicted molar refractivity (Wildman–Crippen MR) is 95.8 cm³/mol. The number of carbonyl (C=O) groups excluding carboxylic acids is 2. The summed E-state index contributed by atoms with van der Waals surface area (Å²) in [5, 5.41) is 15.3. The molecule has 0 radical (unpaired) electrons. The molecule has 0 fully saturated rings. The first kappa shape index (κ1) is 18.4. The largest absolute Gasteiger partial charge is 0.504 e. The SMILES string of the molecule is CC(C)(C)CNc1ccc(NC(=O)c2cc(F)c(O)c(C=O)c2)cc1. The minimum atomic E-state index is -1.02. The van der Waals surface area contributed by atoms with Gasteiger partial charge in [-0.15, -0.1) is 0 Å². The Morgan fingerprint density at radius 1 is 1.16 bits per heavy atom. The third-order valence-electron chi connectivity index (χ3n) is 3.45. The van der Waals surface area contributed by atoms with Gasteiger partial charge in [-0.05, 0) is 41.8 Å². The quantitative estimate of drug-likeness (QED) is 0.715. The van der Waals surface area contributed by atoms with Gasteiger partial charge in [0.05, 0.1) is 5.56 Å². The van der Waals surface area contributed by atoms with Crippen LogP contribution in [0.1, 0.15) is 41.5 Å². The average molecular weight is 344 g/mol. The Balaban J connectivity index is 2.08. The second-order valence-corrected chi connectivity index (χ2v) is 6.96. The Morgan fingerprint density at radius 3 is 2.32 bits per heavy atom. The van der Waals surface area contributed by atoms with Crippen molar-refractivity contribution in [2.75, 3.05) is 17.2 Å². The zero-order valence-electron chi connectivity index (χ0n) is 14.4. The van der Waals surface area contributed by atoms with Gasteiger partial charge in [0.1, 0.15) is 0 Å². The highest BCUT2D eigenvalue weighted by molar-refractivity contribution is 6.05. The molecule has 0 aliphatic carbocycles. The Bertz CT molecular complexity index is 780. The van der Waals surface area contributed by atoms with Crippen LogP contribution < -0.4 is 10.6 Å². The van der Waals surface area contributed by atoms with Crippen molar-refractivity contribution < 1.29 is 19.1 Å². The van der Waals surface area contributed by atoms with E-state index in [1.807, 2.05) is 12.1 Å². The Hall–Kier alpha value is -2.89. The number of phenolic OH excluding ortho intramolecular Hbond substituents is 1. The number of anilines is 2. The summed E-state index contributed by atoms with van der Waals surface area (Å²) in [5.41, 5.74) is 1.28.